The molecule has 4 heterocycles. The van der Waals surface area contributed by atoms with Crippen molar-refractivity contribution in [2.75, 3.05) is 31.2 Å². The first kappa shape index (κ1) is 27.1. The largest absolute Gasteiger partial charge is 0.383 e. The highest BCUT2D eigenvalue weighted by Crippen LogP contribution is 2.36. The van der Waals surface area contributed by atoms with Gasteiger partial charge in [-0.25, -0.2) is 4.98 Å². The van der Waals surface area contributed by atoms with Gasteiger partial charge in [0.25, 0.3) is 0 Å². The fraction of sp³-hybridized carbons (Fsp3) is 0.533. The maximum Gasteiger partial charge on any atom is 0.313 e. The number of nitrogens with two attached hydrogens (primary N) is 1. The number of piperidine rings is 2. The highest BCUT2D eigenvalue weighted by molar-refractivity contribution is 6.39. The zero-order chi connectivity index (χ0) is 27.9. The molecule has 2 aromatic heterocycles. The fourth-order valence-electron chi connectivity index (χ4n) is 6.07. The number of nitrogen functional groups attached to an aromatic ring is 1. The zero-order valence-electron chi connectivity index (χ0n) is 23.8. The van der Waals surface area contributed by atoms with Crippen LogP contribution < -0.4 is 11.1 Å². The smallest absolute Gasteiger partial charge is 0.313 e. The summed E-state index contributed by atoms with van der Waals surface area (Å²) >= 11 is 0. The minimum absolute atomic E-state index is 0.132. The number of nitrogens with zero attached hydrogens (tertiary/aromatic N) is 5. The van der Waals surface area contributed by atoms with Crippen LogP contribution in [0, 0.1) is 5.92 Å². The number of pyridine rings is 1. The van der Waals surface area contributed by atoms with E-state index in [-0.39, 0.29) is 11.6 Å². The first-order valence-corrected chi connectivity index (χ1v) is 14.1. The number of hydrogen-bond acceptors (Lipinski definition) is 6. The number of benzene rings is 1. The fourth-order valence-corrected chi connectivity index (χ4v) is 6.07. The third kappa shape index (κ3) is 5.50. The highest BCUT2D eigenvalue weighted by atomic mass is 16.2. The molecule has 39 heavy (non-hydrogen) atoms. The molecule has 2 aliphatic heterocycles. The van der Waals surface area contributed by atoms with Gasteiger partial charge in [0.2, 0.25) is 0 Å². The van der Waals surface area contributed by atoms with Crippen molar-refractivity contribution in [3.8, 4) is 0 Å². The number of likely N-dealkylation sites (tertiary alicyclic amines) is 2. The summed E-state index contributed by atoms with van der Waals surface area (Å²) in [5.74, 6) is -0.417. The van der Waals surface area contributed by atoms with Crippen molar-refractivity contribution in [3.63, 3.8) is 0 Å². The second-order valence-corrected chi connectivity index (χ2v) is 12.0. The van der Waals surface area contributed by atoms with Crippen LogP contribution >= 0.6 is 0 Å². The van der Waals surface area contributed by atoms with Gasteiger partial charge in [0, 0.05) is 30.2 Å². The van der Waals surface area contributed by atoms with Gasteiger partial charge in [0.1, 0.15) is 5.82 Å². The minimum atomic E-state index is -0.651. The molecule has 208 valence electrons. The Kier molecular flexibility index (Phi) is 7.37. The molecule has 3 N–H and O–H groups in total. The van der Waals surface area contributed by atoms with E-state index in [2.05, 4.69) is 66.0 Å². The lowest BCUT2D eigenvalue weighted by Gasteiger charge is -2.43. The summed E-state index contributed by atoms with van der Waals surface area (Å²) < 4.78 is 2.13. The Labute approximate surface area is 230 Å². The van der Waals surface area contributed by atoms with E-state index in [1.807, 2.05) is 13.0 Å². The van der Waals surface area contributed by atoms with Crippen LogP contribution in [0.1, 0.15) is 76.6 Å². The number of aromatic nitrogens is 3. The van der Waals surface area contributed by atoms with Gasteiger partial charge in [-0.3, -0.25) is 14.3 Å². The van der Waals surface area contributed by atoms with Gasteiger partial charge in [0.05, 0.1) is 29.5 Å². The molecule has 9 nitrogen and oxygen atoms in total. The van der Waals surface area contributed by atoms with Crippen LogP contribution in [0.4, 0.5) is 11.5 Å². The predicted octanol–water partition coefficient (Wildman–Crippen LogP) is 4.56. The van der Waals surface area contributed by atoms with Crippen molar-refractivity contribution in [2.45, 2.75) is 77.4 Å². The number of anilines is 2. The molecule has 2 fully saturated rings. The average Bonchev–Trinajstić information content (AvgIpc) is 3.34. The van der Waals surface area contributed by atoms with E-state index >= 15 is 0 Å². The van der Waals surface area contributed by atoms with E-state index in [0.29, 0.717) is 36.4 Å². The van der Waals surface area contributed by atoms with Gasteiger partial charge in [-0.2, -0.15) is 5.10 Å². The second kappa shape index (κ2) is 10.6. The van der Waals surface area contributed by atoms with Crippen molar-refractivity contribution in [1.29, 1.82) is 0 Å². The van der Waals surface area contributed by atoms with Crippen LogP contribution in [0.5, 0.6) is 0 Å². The summed E-state index contributed by atoms with van der Waals surface area (Å²) in [5.41, 5.74) is 9.34. The molecule has 3 aromatic rings. The molecule has 2 saturated heterocycles. The van der Waals surface area contributed by atoms with Gasteiger partial charge >= 0.3 is 11.8 Å². The molecular weight excluding hydrogens is 490 g/mol. The average molecular weight is 532 g/mol. The molecule has 1 aromatic carbocycles. The molecule has 2 amide bonds. The van der Waals surface area contributed by atoms with Crippen LogP contribution in [-0.4, -0.2) is 62.1 Å². The number of hydrogen-bond donors (Lipinski definition) is 2. The lowest BCUT2D eigenvalue weighted by Crippen LogP contribution is -2.47. The number of carbonyl (C=O) groups is 2. The van der Waals surface area contributed by atoms with Crippen LogP contribution in [0.15, 0.2) is 36.7 Å². The van der Waals surface area contributed by atoms with Crippen LogP contribution in [0.3, 0.4) is 0 Å². The Bertz CT molecular complexity index is 1380. The topological polar surface area (TPSA) is 109 Å². The standard InChI is InChI=1S/C30H41N7O2/c1-6-20-14-23(16-32-27(20)31)33-28(38)29(39)36-17-19(2)7-10-26(36)21-8-9-25-22(13-21)18-37(34-25)24-11-12-35(5)30(3,4)15-24/h8-9,13-14,16,18-19,24,26H,6-7,10-12,15,17H2,1-5H3,(H2,31,32)(H,33,38)/t19-,24?,26+/m0/s1. The maximum absolute atomic E-state index is 13.5. The lowest BCUT2D eigenvalue weighted by molar-refractivity contribution is -0.146. The first-order valence-electron chi connectivity index (χ1n) is 14.1. The number of carbonyl (C=O) groups excluding carboxylic acids is 2. The van der Waals surface area contributed by atoms with Gasteiger partial charge in [-0.15, -0.1) is 0 Å². The molecule has 0 bridgehead atoms. The van der Waals surface area contributed by atoms with Crippen molar-refractivity contribution in [2.24, 2.45) is 5.92 Å². The molecule has 0 radical (unpaired) electrons. The van der Waals surface area contributed by atoms with Gasteiger partial charge < -0.3 is 20.9 Å². The van der Waals surface area contributed by atoms with E-state index in [0.717, 1.165) is 54.3 Å². The molecule has 9 heteroatoms. The molecule has 1 unspecified atom stereocenters. The summed E-state index contributed by atoms with van der Waals surface area (Å²) in [7, 11) is 2.19. The summed E-state index contributed by atoms with van der Waals surface area (Å²) in [6.45, 7) is 10.3. The Balaban J connectivity index is 1.36. The number of nitrogens with one attached hydrogen (secondary N) is 1. The van der Waals surface area contributed by atoms with E-state index in [4.69, 9.17) is 10.8 Å². The van der Waals surface area contributed by atoms with Gasteiger partial charge in [-0.05, 0) is 88.2 Å². The van der Waals surface area contributed by atoms with E-state index in [9.17, 15) is 9.59 Å². The normalized spacial score (nSPS) is 23.6. The monoisotopic (exact) mass is 531 g/mol. The van der Waals surface area contributed by atoms with E-state index in [1.54, 1.807) is 11.0 Å². The Hall–Kier alpha value is -3.46. The van der Waals surface area contributed by atoms with Gasteiger partial charge in [0.15, 0.2) is 0 Å². The van der Waals surface area contributed by atoms with E-state index in [1.165, 1.54) is 6.20 Å². The third-order valence-electron chi connectivity index (χ3n) is 8.78. The number of amides is 2. The summed E-state index contributed by atoms with van der Waals surface area (Å²) in [4.78, 5) is 34.8. The third-order valence-corrected chi connectivity index (χ3v) is 8.78. The quantitative estimate of drug-likeness (QED) is 0.478. The number of fused-ring (bicyclic) bond motifs is 1. The SMILES string of the molecule is CCc1cc(NC(=O)C(=O)N2C[C@@H](C)CC[C@@H]2c2ccc3nn(C4CCN(C)C(C)(C)C4)cc3c2)cnc1N. The first-order chi connectivity index (χ1) is 18.6. The molecule has 0 aliphatic carbocycles. The Morgan fingerprint density at radius 3 is 2.72 bits per heavy atom. The second-order valence-electron chi connectivity index (χ2n) is 12.0. The lowest BCUT2D eigenvalue weighted by atomic mass is 9.87. The van der Waals surface area contributed by atoms with Gasteiger partial charge in [-0.1, -0.05) is 19.9 Å². The zero-order valence-corrected chi connectivity index (χ0v) is 23.8. The molecule has 3 atom stereocenters. The van der Waals surface area contributed by atoms with Crippen LogP contribution in [0.2, 0.25) is 0 Å². The Morgan fingerprint density at radius 2 is 1.97 bits per heavy atom. The van der Waals surface area contributed by atoms with Crippen molar-refractivity contribution >= 4 is 34.2 Å². The number of rotatable bonds is 4. The minimum Gasteiger partial charge on any atom is -0.383 e. The molecule has 0 saturated carbocycles. The van der Waals surface area contributed by atoms with Crippen LogP contribution in [0.25, 0.3) is 10.9 Å². The summed E-state index contributed by atoms with van der Waals surface area (Å²) in [6.07, 6.45) is 8.26. The van der Waals surface area contributed by atoms with Crippen LogP contribution in [-0.2, 0) is 16.0 Å². The molecular formula is C30H41N7O2. The van der Waals surface area contributed by atoms with Crippen molar-refractivity contribution in [1.82, 2.24) is 24.6 Å². The van der Waals surface area contributed by atoms with Crippen molar-refractivity contribution < 1.29 is 9.59 Å². The number of aryl methyl sites for hydroxylation is 1. The molecule has 5 rings (SSSR count). The Morgan fingerprint density at radius 1 is 1.18 bits per heavy atom. The maximum atomic E-state index is 13.5. The molecule has 0 spiro atoms. The highest BCUT2D eigenvalue weighted by Gasteiger charge is 2.35. The summed E-state index contributed by atoms with van der Waals surface area (Å²) in [6, 6.07) is 8.24. The summed E-state index contributed by atoms with van der Waals surface area (Å²) in [5, 5.41) is 8.72. The van der Waals surface area contributed by atoms with E-state index < -0.39 is 11.8 Å². The van der Waals surface area contributed by atoms with Crippen molar-refractivity contribution in [3.05, 3.63) is 47.8 Å². The molecule has 2 aliphatic rings. The predicted molar refractivity (Wildman–Crippen MR) is 154 cm³/mol.